The van der Waals surface area contributed by atoms with Crippen LogP contribution in [-0.4, -0.2) is 0 Å². The number of fused-ring (bicyclic) bond motifs is 1. The average molecular weight is 162 g/mol. The first-order valence-electron chi connectivity index (χ1n) is 3.76. The standard InChI is InChI=1S/C10H10S/c1-7-2-3-8-4-5-9(11)6-10(7)8/h2,4-6,11H,3H2,1H3. The van der Waals surface area contributed by atoms with E-state index in [2.05, 4.69) is 37.8 Å². The first-order chi connectivity index (χ1) is 5.27. The Balaban J connectivity index is 2.60. The summed E-state index contributed by atoms with van der Waals surface area (Å²) in [4.78, 5) is 1.05. The molecule has 0 N–H and O–H groups in total. The van der Waals surface area contributed by atoms with Gasteiger partial charge in [0, 0.05) is 4.90 Å². The normalized spacial score (nSPS) is 14.5. The van der Waals surface area contributed by atoms with Crippen LogP contribution in [0.2, 0.25) is 0 Å². The van der Waals surface area contributed by atoms with E-state index in [0.29, 0.717) is 0 Å². The Morgan fingerprint density at radius 1 is 1.36 bits per heavy atom. The molecule has 0 bridgehead atoms. The zero-order chi connectivity index (χ0) is 7.84. The van der Waals surface area contributed by atoms with Crippen LogP contribution >= 0.6 is 12.6 Å². The summed E-state index contributed by atoms with van der Waals surface area (Å²) in [5.41, 5.74) is 4.19. The van der Waals surface area contributed by atoms with Crippen molar-refractivity contribution in [3.63, 3.8) is 0 Å². The minimum absolute atomic E-state index is 1.05. The Bertz CT molecular complexity index is 324. The fraction of sp³-hybridized carbons (Fsp3) is 0.200. The quantitative estimate of drug-likeness (QED) is 0.557. The molecule has 2 rings (SSSR count). The van der Waals surface area contributed by atoms with Crippen molar-refractivity contribution < 1.29 is 0 Å². The highest BCUT2D eigenvalue weighted by molar-refractivity contribution is 7.80. The summed E-state index contributed by atoms with van der Waals surface area (Å²) >= 11 is 4.30. The van der Waals surface area contributed by atoms with Gasteiger partial charge in [0.2, 0.25) is 0 Å². The third-order valence-electron chi connectivity index (χ3n) is 2.15. The van der Waals surface area contributed by atoms with Crippen LogP contribution in [0.1, 0.15) is 18.1 Å². The zero-order valence-corrected chi connectivity index (χ0v) is 7.36. The summed E-state index contributed by atoms with van der Waals surface area (Å²) in [6, 6.07) is 6.34. The summed E-state index contributed by atoms with van der Waals surface area (Å²) in [5.74, 6) is 0. The van der Waals surface area contributed by atoms with Gasteiger partial charge < -0.3 is 0 Å². The number of thiol groups is 1. The van der Waals surface area contributed by atoms with Gasteiger partial charge >= 0.3 is 0 Å². The smallest absolute Gasteiger partial charge is 0.00462 e. The van der Waals surface area contributed by atoms with Gasteiger partial charge in [-0.3, -0.25) is 0 Å². The Kier molecular flexibility index (Phi) is 1.53. The molecule has 0 radical (unpaired) electrons. The maximum atomic E-state index is 4.30. The maximum Gasteiger partial charge on any atom is 0.00462 e. The summed E-state index contributed by atoms with van der Waals surface area (Å²) in [5, 5.41) is 0. The van der Waals surface area contributed by atoms with Gasteiger partial charge in [-0.15, -0.1) is 12.6 Å². The van der Waals surface area contributed by atoms with Gasteiger partial charge in [-0.1, -0.05) is 12.1 Å². The van der Waals surface area contributed by atoms with Crippen LogP contribution < -0.4 is 0 Å². The lowest BCUT2D eigenvalue weighted by Crippen LogP contribution is -1.81. The lowest BCUT2D eigenvalue weighted by molar-refractivity contribution is 1.28. The van der Waals surface area contributed by atoms with Crippen LogP contribution in [0.15, 0.2) is 29.2 Å². The molecule has 0 amide bonds. The molecule has 0 aliphatic heterocycles. The van der Waals surface area contributed by atoms with Gasteiger partial charge in [-0.2, -0.15) is 0 Å². The molecule has 1 aromatic carbocycles. The summed E-state index contributed by atoms with van der Waals surface area (Å²) in [7, 11) is 0. The van der Waals surface area contributed by atoms with Crippen LogP contribution in [0.3, 0.4) is 0 Å². The third kappa shape index (κ3) is 1.10. The highest BCUT2D eigenvalue weighted by Crippen LogP contribution is 2.28. The van der Waals surface area contributed by atoms with Crippen molar-refractivity contribution in [1.82, 2.24) is 0 Å². The lowest BCUT2D eigenvalue weighted by Gasteiger charge is -2.00. The zero-order valence-electron chi connectivity index (χ0n) is 6.46. The molecule has 0 saturated heterocycles. The van der Waals surface area contributed by atoms with Gasteiger partial charge in [0.05, 0.1) is 0 Å². The second kappa shape index (κ2) is 2.42. The van der Waals surface area contributed by atoms with Crippen molar-refractivity contribution in [2.75, 3.05) is 0 Å². The monoisotopic (exact) mass is 162 g/mol. The van der Waals surface area contributed by atoms with Crippen LogP contribution in [0, 0.1) is 0 Å². The van der Waals surface area contributed by atoms with Gasteiger partial charge in [-0.05, 0) is 42.2 Å². The van der Waals surface area contributed by atoms with Crippen molar-refractivity contribution in [3.8, 4) is 0 Å². The topological polar surface area (TPSA) is 0 Å². The molecule has 0 atom stereocenters. The summed E-state index contributed by atoms with van der Waals surface area (Å²) in [6.07, 6.45) is 3.35. The van der Waals surface area contributed by atoms with E-state index in [-0.39, 0.29) is 0 Å². The van der Waals surface area contributed by atoms with Crippen LogP contribution in [0.5, 0.6) is 0 Å². The highest BCUT2D eigenvalue weighted by atomic mass is 32.1. The first kappa shape index (κ1) is 6.99. The second-order valence-corrected chi connectivity index (χ2v) is 3.45. The lowest BCUT2D eigenvalue weighted by atomic mass is 10.1. The number of allylic oxidation sites excluding steroid dienone is 2. The number of hydrogen-bond donors (Lipinski definition) is 1. The van der Waals surface area contributed by atoms with Crippen LogP contribution in [0.25, 0.3) is 5.57 Å². The van der Waals surface area contributed by atoms with Crippen molar-refractivity contribution >= 4 is 18.2 Å². The molecule has 56 valence electrons. The number of hydrogen-bond acceptors (Lipinski definition) is 1. The predicted octanol–water partition coefficient (Wildman–Crippen LogP) is 2.93. The molecule has 1 aliphatic carbocycles. The fourth-order valence-electron chi connectivity index (χ4n) is 1.48. The fourth-order valence-corrected chi connectivity index (χ4v) is 1.69. The molecule has 0 fully saturated rings. The molecule has 0 spiro atoms. The second-order valence-electron chi connectivity index (χ2n) is 2.93. The highest BCUT2D eigenvalue weighted by Gasteiger charge is 2.09. The molecule has 1 aliphatic rings. The number of rotatable bonds is 0. The van der Waals surface area contributed by atoms with E-state index in [1.54, 1.807) is 0 Å². The molecule has 11 heavy (non-hydrogen) atoms. The van der Waals surface area contributed by atoms with E-state index in [9.17, 15) is 0 Å². The minimum atomic E-state index is 1.05. The largest absolute Gasteiger partial charge is 0.143 e. The average Bonchev–Trinajstić information content (AvgIpc) is 2.33. The van der Waals surface area contributed by atoms with E-state index >= 15 is 0 Å². The Hall–Kier alpha value is -0.690. The van der Waals surface area contributed by atoms with Gasteiger partial charge in [0.25, 0.3) is 0 Å². The molecule has 1 heteroatoms. The van der Waals surface area contributed by atoms with Crippen LogP contribution in [0.4, 0.5) is 0 Å². The molecule has 1 aromatic rings. The van der Waals surface area contributed by atoms with E-state index in [1.807, 2.05) is 6.07 Å². The van der Waals surface area contributed by atoms with E-state index < -0.39 is 0 Å². The van der Waals surface area contributed by atoms with E-state index in [4.69, 9.17) is 0 Å². The predicted molar refractivity (Wildman–Crippen MR) is 51.0 cm³/mol. The Labute approximate surface area is 72.4 Å². The van der Waals surface area contributed by atoms with Crippen molar-refractivity contribution in [3.05, 3.63) is 35.4 Å². The molecular weight excluding hydrogens is 152 g/mol. The molecule has 0 heterocycles. The number of benzene rings is 1. The van der Waals surface area contributed by atoms with Crippen molar-refractivity contribution in [2.24, 2.45) is 0 Å². The Morgan fingerprint density at radius 2 is 2.18 bits per heavy atom. The summed E-state index contributed by atoms with van der Waals surface area (Å²) < 4.78 is 0. The van der Waals surface area contributed by atoms with Gasteiger partial charge in [-0.25, -0.2) is 0 Å². The van der Waals surface area contributed by atoms with E-state index in [1.165, 1.54) is 16.7 Å². The van der Waals surface area contributed by atoms with Gasteiger partial charge in [0.15, 0.2) is 0 Å². The van der Waals surface area contributed by atoms with Crippen molar-refractivity contribution in [1.29, 1.82) is 0 Å². The third-order valence-corrected chi connectivity index (χ3v) is 2.42. The molecule has 0 unspecified atom stereocenters. The molecule has 0 nitrogen and oxygen atoms in total. The van der Waals surface area contributed by atoms with Gasteiger partial charge in [0.1, 0.15) is 0 Å². The van der Waals surface area contributed by atoms with Crippen molar-refractivity contribution in [2.45, 2.75) is 18.2 Å². The molecular formula is C10H10S. The summed E-state index contributed by atoms with van der Waals surface area (Å²) in [6.45, 7) is 2.15. The maximum absolute atomic E-state index is 4.30. The minimum Gasteiger partial charge on any atom is -0.143 e. The first-order valence-corrected chi connectivity index (χ1v) is 4.21. The van der Waals surface area contributed by atoms with E-state index in [0.717, 1.165) is 11.3 Å². The molecule has 0 saturated carbocycles. The SMILES string of the molecule is CC1=CCc2ccc(S)cc21. The molecule has 0 aromatic heterocycles. The Morgan fingerprint density at radius 3 is 3.00 bits per heavy atom. The van der Waals surface area contributed by atoms with Crippen LogP contribution in [-0.2, 0) is 6.42 Å².